The minimum atomic E-state index is -0.456. The lowest BCUT2D eigenvalue weighted by atomic mass is 10.2. The smallest absolute Gasteiger partial charge is 0.338 e. The molecule has 3 aromatic heterocycles. The van der Waals surface area contributed by atoms with Gasteiger partial charge in [-0.1, -0.05) is 5.16 Å². The minimum absolute atomic E-state index is 0.0725. The molecule has 0 unspecified atom stereocenters. The Hall–Kier alpha value is -3.26. The van der Waals surface area contributed by atoms with Gasteiger partial charge in [-0.25, -0.2) is 9.48 Å². The third kappa shape index (κ3) is 3.33. The first-order valence-corrected chi connectivity index (χ1v) is 8.36. The van der Waals surface area contributed by atoms with Crippen LogP contribution in [0.5, 0.6) is 0 Å². The van der Waals surface area contributed by atoms with Crippen LogP contribution in [0.1, 0.15) is 16.2 Å². The lowest BCUT2D eigenvalue weighted by molar-refractivity contribution is 0.0430. The summed E-state index contributed by atoms with van der Waals surface area (Å²) >= 11 is 1.55. The normalized spacial score (nSPS) is 10.7. The summed E-state index contributed by atoms with van der Waals surface area (Å²) in [6.45, 7) is -0.0725. The molecule has 3 heterocycles. The molecule has 4 rings (SSSR count). The van der Waals surface area contributed by atoms with E-state index in [0.29, 0.717) is 11.4 Å². The van der Waals surface area contributed by atoms with Crippen LogP contribution in [0.3, 0.4) is 0 Å². The molecule has 25 heavy (non-hydrogen) atoms. The highest BCUT2D eigenvalue weighted by Crippen LogP contribution is 2.19. The van der Waals surface area contributed by atoms with Crippen molar-refractivity contribution >= 4 is 17.3 Å². The van der Waals surface area contributed by atoms with Gasteiger partial charge in [0.2, 0.25) is 5.82 Å². The van der Waals surface area contributed by atoms with E-state index in [-0.39, 0.29) is 12.5 Å². The van der Waals surface area contributed by atoms with Crippen molar-refractivity contribution in [2.45, 2.75) is 6.61 Å². The number of rotatable bonds is 5. The summed E-state index contributed by atoms with van der Waals surface area (Å²) in [4.78, 5) is 16.3. The van der Waals surface area contributed by atoms with Crippen LogP contribution in [0, 0.1) is 0 Å². The second-order valence-corrected chi connectivity index (χ2v) is 5.88. The fraction of sp³-hybridized carbons (Fsp3) is 0.0588. The molecule has 0 aliphatic rings. The highest BCUT2D eigenvalue weighted by molar-refractivity contribution is 7.08. The average molecular weight is 352 g/mol. The number of esters is 1. The van der Waals surface area contributed by atoms with Gasteiger partial charge in [0.1, 0.15) is 0 Å². The van der Waals surface area contributed by atoms with Gasteiger partial charge in [-0.05, 0) is 41.8 Å². The van der Waals surface area contributed by atoms with E-state index in [1.54, 1.807) is 46.5 Å². The highest BCUT2D eigenvalue weighted by Gasteiger charge is 2.13. The third-order valence-corrected chi connectivity index (χ3v) is 4.13. The Morgan fingerprint density at radius 2 is 2.12 bits per heavy atom. The maximum absolute atomic E-state index is 12.1. The van der Waals surface area contributed by atoms with Crippen molar-refractivity contribution in [2.75, 3.05) is 0 Å². The number of ether oxygens (including phenoxy) is 1. The van der Waals surface area contributed by atoms with Crippen molar-refractivity contribution in [2.24, 2.45) is 0 Å². The van der Waals surface area contributed by atoms with Gasteiger partial charge in [-0.15, -0.1) is 0 Å². The summed E-state index contributed by atoms with van der Waals surface area (Å²) in [6, 6.07) is 10.7. The van der Waals surface area contributed by atoms with Crippen LogP contribution < -0.4 is 0 Å². The lowest BCUT2D eigenvalue weighted by Gasteiger charge is -2.04. The predicted molar refractivity (Wildman–Crippen MR) is 90.3 cm³/mol. The number of benzene rings is 1. The summed E-state index contributed by atoms with van der Waals surface area (Å²) in [7, 11) is 0. The number of hydrogen-bond donors (Lipinski definition) is 0. The van der Waals surface area contributed by atoms with Gasteiger partial charge in [0.25, 0.3) is 5.89 Å². The number of thiophene rings is 1. The van der Waals surface area contributed by atoms with E-state index in [1.807, 2.05) is 29.1 Å². The molecule has 0 N–H and O–H groups in total. The Morgan fingerprint density at radius 1 is 1.24 bits per heavy atom. The maximum Gasteiger partial charge on any atom is 0.338 e. The number of carbonyl (C=O) groups is 1. The SMILES string of the molecule is O=C(OCc1nc(-c2ccsc2)no1)c1ccc(-n2cccn2)cc1. The van der Waals surface area contributed by atoms with Crippen molar-refractivity contribution in [3.8, 4) is 17.1 Å². The molecule has 0 atom stereocenters. The fourth-order valence-electron chi connectivity index (χ4n) is 2.20. The Labute approximate surface area is 146 Å². The first kappa shape index (κ1) is 15.3. The number of hydrogen-bond acceptors (Lipinski definition) is 7. The van der Waals surface area contributed by atoms with E-state index in [9.17, 15) is 4.79 Å². The largest absolute Gasteiger partial charge is 0.452 e. The molecule has 8 heteroatoms. The van der Waals surface area contributed by atoms with Crippen molar-refractivity contribution in [1.29, 1.82) is 0 Å². The summed E-state index contributed by atoms with van der Waals surface area (Å²) in [6.07, 6.45) is 3.52. The predicted octanol–water partition coefficient (Wildman–Crippen LogP) is 3.34. The molecule has 0 aliphatic carbocycles. The second kappa shape index (κ2) is 6.70. The molecular formula is C17H12N4O3S. The Morgan fingerprint density at radius 3 is 2.84 bits per heavy atom. The molecule has 1 aromatic carbocycles. The number of carbonyl (C=O) groups excluding carboxylic acids is 1. The van der Waals surface area contributed by atoms with E-state index in [1.165, 1.54) is 0 Å². The highest BCUT2D eigenvalue weighted by atomic mass is 32.1. The van der Waals surface area contributed by atoms with Gasteiger partial charge < -0.3 is 9.26 Å². The summed E-state index contributed by atoms with van der Waals surface area (Å²) in [5.74, 6) is 0.279. The Kier molecular flexibility index (Phi) is 4.09. The van der Waals surface area contributed by atoms with Crippen LogP contribution in [0.25, 0.3) is 17.1 Å². The Balaban J connectivity index is 1.39. The van der Waals surface area contributed by atoms with Gasteiger partial charge in [0, 0.05) is 23.3 Å². The standard InChI is InChI=1S/C17H12N4O3S/c22-17(12-2-4-14(5-3-12)21-8-1-7-18-21)23-10-15-19-16(20-24-15)13-6-9-25-11-13/h1-9,11H,10H2. The van der Waals surface area contributed by atoms with Gasteiger partial charge in [0.15, 0.2) is 6.61 Å². The van der Waals surface area contributed by atoms with E-state index in [0.717, 1.165) is 11.3 Å². The average Bonchev–Trinajstić information content (AvgIpc) is 3.42. The summed E-state index contributed by atoms with van der Waals surface area (Å²) in [5.41, 5.74) is 2.17. The van der Waals surface area contributed by atoms with Gasteiger partial charge in [0.05, 0.1) is 11.3 Å². The van der Waals surface area contributed by atoms with Gasteiger partial charge >= 0.3 is 5.97 Å². The molecular weight excluding hydrogens is 340 g/mol. The van der Waals surface area contributed by atoms with Crippen LogP contribution in [-0.4, -0.2) is 25.9 Å². The van der Waals surface area contributed by atoms with Crippen LogP contribution >= 0.6 is 11.3 Å². The first-order valence-electron chi connectivity index (χ1n) is 7.42. The molecule has 4 aromatic rings. The van der Waals surface area contributed by atoms with Crippen molar-refractivity contribution in [3.05, 3.63) is 71.0 Å². The van der Waals surface area contributed by atoms with Crippen molar-refractivity contribution in [1.82, 2.24) is 19.9 Å². The molecule has 0 spiro atoms. The van der Waals surface area contributed by atoms with Crippen LogP contribution in [0.15, 0.2) is 64.1 Å². The third-order valence-electron chi connectivity index (χ3n) is 3.45. The van der Waals surface area contributed by atoms with Crippen LogP contribution in [0.2, 0.25) is 0 Å². The van der Waals surface area contributed by atoms with Gasteiger partial charge in [-0.2, -0.15) is 21.4 Å². The molecule has 0 amide bonds. The second-order valence-electron chi connectivity index (χ2n) is 5.10. The molecule has 0 fully saturated rings. The zero-order chi connectivity index (χ0) is 17.1. The number of nitrogens with zero attached hydrogens (tertiary/aromatic N) is 4. The van der Waals surface area contributed by atoms with Crippen LogP contribution in [0.4, 0.5) is 0 Å². The zero-order valence-electron chi connectivity index (χ0n) is 12.9. The molecule has 124 valence electrons. The summed E-state index contributed by atoms with van der Waals surface area (Å²) in [5, 5.41) is 11.9. The van der Waals surface area contributed by atoms with E-state index in [4.69, 9.17) is 9.26 Å². The molecule has 0 saturated carbocycles. The monoisotopic (exact) mass is 352 g/mol. The molecule has 0 saturated heterocycles. The van der Waals surface area contributed by atoms with E-state index < -0.39 is 5.97 Å². The minimum Gasteiger partial charge on any atom is -0.452 e. The quantitative estimate of drug-likeness (QED) is 0.512. The topological polar surface area (TPSA) is 83.0 Å². The molecule has 7 nitrogen and oxygen atoms in total. The summed E-state index contributed by atoms with van der Waals surface area (Å²) < 4.78 is 12.0. The lowest BCUT2D eigenvalue weighted by Crippen LogP contribution is -2.06. The van der Waals surface area contributed by atoms with Crippen LogP contribution in [-0.2, 0) is 11.3 Å². The zero-order valence-corrected chi connectivity index (χ0v) is 13.7. The van der Waals surface area contributed by atoms with Crippen molar-refractivity contribution < 1.29 is 14.1 Å². The first-order chi connectivity index (χ1) is 12.3. The van der Waals surface area contributed by atoms with Crippen molar-refractivity contribution in [3.63, 3.8) is 0 Å². The number of aromatic nitrogens is 4. The maximum atomic E-state index is 12.1. The molecule has 0 radical (unpaired) electrons. The van der Waals surface area contributed by atoms with E-state index >= 15 is 0 Å². The van der Waals surface area contributed by atoms with E-state index in [2.05, 4.69) is 15.2 Å². The van der Waals surface area contributed by atoms with Gasteiger partial charge in [-0.3, -0.25) is 0 Å². The fourth-order valence-corrected chi connectivity index (χ4v) is 2.84. The molecule has 0 aliphatic heterocycles. The molecule has 0 bridgehead atoms. The Bertz CT molecular complexity index is 960.